The summed E-state index contributed by atoms with van der Waals surface area (Å²) in [5.41, 5.74) is 2.46. The van der Waals surface area contributed by atoms with Crippen LogP contribution in [0.1, 0.15) is 36.1 Å². The van der Waals surface area contributed by atoms with Crippen LogP contribution in [0.25, 0.3) is 0 Å². The van der Waals surface area contributed by atoms with Crippen molar-refractivity contribution in [3.8, 4) is 11.5 Å². The molecule has 1 atom stereocenters. The fourth-order valence-electron chi connectivity index (χ4n) is 4.52. The van der Waals surface area contributed by atoms with Crippen LogP contribution in [-0.2, 0) is 27.5 Å². The van der Waals surface area contributed by atoms with Gasteiger partial charge >= 0.3 is 0 Å². The van der Waals surface area contributed by atoms with Gasteiger partial charge in [0.25, 0.3) is 11.8 Å². The number of hydrogen-bond donors (Lipinski definition) is 2. The molecule has 1 heterocycles. The van der Waals surface area contributed by atoms with E-state index in [1.165, 1.54) is 4.90 Å². The number of rotatable bonds is 13. The van der Waals surface area contributed by atoms with Crippen LogP contribution in [-0.4, -0.2) is 48.7 Å². The Morgan fingerprint density at radius 3 is 2.41 bits per heavy atom. The Morgan fingerprint density at radius 2 is 1.69 bits per heavy atom. The molecule has 0 bridgehead atoms. The summed E-state index contributed by atoms with van der Waals surface area (Å²) in [5.74, 6) is -0.428. The number of benzene rings is 3. The number of methoxy groups -OCH3 is 1. The molecule has 0 fully saturated rings. The molecule has 1 aliphatic heterocycles. The van der Waals surface area contributed by atoms with E-state index in [1.54, 1.807) is 19.2 Å². The van der Waals surface area contributed by atoms with Gasteiger partial charge in [0, 0.05) is 31.9 Å². The maximum absolute atomic E-state index is 13.5. The molecule has 204 valence electrons. The minimum absolute atomic E-state index is 0.000632. The molecule has 3 aromatic rings. The van der Waals surface area contributed by atoms with Gasteiger partial charge in [0.05, 0.1) is 18.7 Å². The molecule has 0 saturated heterocycles. The van der Waals surface area contributed by atoms with Gasteiger partial charge in [0.1, 0.15) is 18.1 Å². The van der Waals surface area contributed by atoms with Crippen molar-refractivity contribution in [2.45, 2.75) is 32.5 Å². The SMILES string of the molecule is CCOCCCN1C(=O)C(O)=C(C(=O)NCc2ccc(OC)cc2)C1c1ccccc1OCc1ccccc1. The fourth-order valence-corrected chi connectivity index (χ4v) is 4.52. The Morgan fingerprint density at radius 1 is 0.974 bits per heavy atom. The molecule has 0 aromatic heterocycles. The van der Waals surface area contributed by atoms with Crippen LogP contribution in [0.2, 0.25) is 0 Å². The predicted molar refractivity (Wildman–Crippen MR) is 147 cm³/mol. The quantitative estimate of drug-likeness (QED) is 0.311. The van der Waals surface area contributed by atoms with E-state index in [2.05, 4.69) is 5.32 Å². The Bertz CT molecular complexity index is 1290. The zero-order valence-electron chi connectivity index (χ0n) is 22.3. The average Bonchev–Trinajstić information content (AvgIpc) is 3.23. The minimum atomic E-state index is -0.818. The second-order valence-corrected chi connectivity index (χ2v) is 9.06. The maximum atomic E-state index is 13.5. The number of aliphatic hydroxyl groups is 1. The molecule has 8 heteroatoms. The van der Waals surface area contributed by atoms with Crippen LogP contribution in [0.5, 0.6) is 11.5 Å². The molecule has 0 radical (unpaired) electrons. The second kappa shape index (κ2) is 13.5. The van der Waals surface area contributed by atoms with Gasteiger partial charge in [-0.2, -0.15) is 0 Å². The maximum Gasteiger partial charge on any atom is 0.290 e. The first kappa shape index (κ1) is 27.7. The number of para-hydroxylation sites is 1. The third kappa shape index (κ3) is 6.78. The van der Waals surface area contributed by atoms with Crippen molar-refractivity contribution in [2.24, 2.45) is 0 Å². The van der Waals surface area contributed by atoms with E-state index in [1.807, 2.05) is 73.7 Å². The van der Waals surface area contributed by atoms with Crippen molar-refractivity contribution in [3.05, 3.63) is 107 Å². The highest BCUT2D eigenvalue weighted by atomic mass is 16.5. The van der Waals surface area contributed by atoms with Crippen molar-refractivity contribution < 1.29 is 28.9 Å². The third-order valence-electron chi connectivity index (χ3n) is 6.50. The van der Waals surface area contributed by atoms with Gasteiger partial charge < -0.3 is 29.5 Å². The van der Waals surface area contributed by atoms with Gasteiger partial charge in [0.2, 0.25) is 0 Å². The zero-order valence-corrected chi connectivity index (χ0v) is 22.3. The number of aliphatic hydroxyl groups excluding tert-OH is 1. The minimum Gasteiger partial charge on any atom is -0.503 e. The molecule has 0 aliphatic carbocycles. The molecule has 1 aliphatic rings. The molecule has 39 heavy (non-hydrogen) atoms. The molecule has 0 spiro atoms. The van der Waals surface area contributed by atoms with E-state index < -0.39 is 23.6 Å². The van der Waals surface area contributed by atoms with Gasteiger partial charge in [-0.3, -0.25) is 9.59 Å². The summed E-state index contributed by atoms with van der Waals surface area (Å²) in [6.07, 6.45) is 0.553. The lowest BCUT2D eigenvalue weighted by Gasteiger charge is -2.28. The van der Waals surface area contributed by atoms with Crippen LogP contribution >= 0.6 is 0 Å². The Labute approximate surface area is 228 Å². The molecule has 2 N–H and O–H groups in total. The standard InChI is InChI=1S/C31H34N2O6/c1-3-38-19-9-18-33-28(25-12-7-8-13-26(25)39-21-23-10-5-4-6-11-23)27(29(34)31(33)36)30(35)32-20-22-14-16-24(37-2)17-15-22/h4-8,10-17,28,34H,3,9,18-21H2,1-2H3,(H,32,35). The molecular weight excluding hydrogens is 496 g/mol. The van der Waals surface area contributed by atoms with E-state index >= 15 is 0 Å². The molecule has 4 rings (SSSR count). The Hall–Kier alpha value is -4.30. The predicted octanol–water partition coefficient (Wildman–Crippen LogP) is 4.71. The Kier molecular flexibility index (Phi) is 9.58. The van der Waals surface area contributed by atoms with E-state index in [-0.39, 0.29) is 12.1 Å². The molecule has 1 unspecified atom stereocenters. The van der Waals surface area contributed by atoms with Gasteiger partial charge in [-0.05, 0) is 42.7 Å². The lowest BCUT2D eigenvalue weighted by Crippen LogP contribution is -2.34. The van der Waals surface area contributed by atoms with Crippen molar-refractivity contribution >= 4 is 11.8 Å². The summed E-state index contributed by atoms with van der Waals surface area (Å²) >= 11 is 0. The first-order chi connectivity index (χ1) is 19.0. The number of ether oxygens (including phenoxy) is 3. The van der Waals surface area contributed by atoms with Gasteiger partial charge in [-0.1, -0.05) is 60.7 Å². The van der Waals surface area contributed by atoms with Crippen molar-refractivity contribution in [2.75, 3.05) is 26.9 Å². The molecule has 3 aromatic carbocycles. The fraction of sp³-hybridized carbons (Fsp3) is 0.290. The van der Waals surface area contributed by atoms with Crippen LogP contribution in [0.4, 0.5) is 0 Å². The molecular formula is C31H34N2O6. The number of hydrogen-bond acceptors (Lipinski definition) is 6. The lowest BCUT2D eigenvalue weighted by molar-refractivity contribution is -0.129. The Balaban J connectivity index is 1.61. The average molecular weight is 531 g/mol. The van der Waals surface area contributed by atoms with E-state index in [0.717, 1.165) is 11.1 Å². The highest BCUT2D eigenvalue weighted by Gasteiger charge is 2.44. The topological polar surface area (TPSA) is 97.3 Å². The largest absolute Gasteiger partial charge is 0.503 e. The normalized spacial score (nSPS) is 15.0. The lowest BCUT2D eigenvalue weighted by atomic mass is 9.97. The van der Waals surface area contributed by atoms with Crippen molar-refractivity contribution in [1.29, 1.82) is 0 Å². The summed E-state index contributed by atoms with van der Waals surface area (Å²) in [6, 6.07) is 23.5. The third-order valence-corrected chi connectivity index (χ3v) is 6.50. The first-order valence-corrected chi connectivity index (χ1v) is 13.0. The van der Waals surface area contributed by atoms with Crippen LogP contribution in [0.15, 0.2) is 90.2 Å². The number of nitrogens with one attached hydrogen (secondary N) is 1. The van der Waals surface area contributed by atoms with E-state index in [9.17, 15) is 14.7 Å². The highest BCUT2D eigenvalue weighted by Crippen LogP contribution is 2.41. The summed E-state index contributed by atoms with van der Waals surface area (Å²) < 4.78 is 16.8. The first-order valence-electron chi connectivity index (χ1n) is 13.0. The number of amides is 2. The van der Waals surface area contributed by atoms with Gasteiger partial charge in [0.15, 0.2) is 5.76 Å². The van der Waals surface area contributed by atoms with Crippen LogP contribution in [0, 0.1) is 0 Å². The van der Waals surface area contributed by atoms with Crippen LogP contribution < -0.4 is 14.8 Å². The molecule has 8 nitrogen and oxygen atoms in total. The highest BCUT2D eigenvalue weighted by molar-refractivity contribution is 6.08. The van der Waals surface area contributed by atoms with Crippen molar-refractivity contribution in [1.82, 2.24) is 10.2 Å². The van der Waals surface area contributed by atoms with E-state index in [4.69, 9.17) is 14.2 Å². The molecule has 0 saturated carbocycles. The summed E-state index contributed by atoms with van der Waals surface area (Å²) in [5, 5.41) is 13.8. The van der Waals surface area contributed by atoms with E-state index in [0.29, 0.717) is 49.8 Å². The number of carbonyl (C=O) groups excluding carboxylic acids is 2. The monoisotopic (exact) mass is 530 g/mol. The van der Waals surface area contributed by atoms with Crippen molar-refractivity contribution in [3.63, 3.8) is 0 Å². The smallest absolute Gasteiger partial charge is 0.290 e. The second-order valence-electron chi connectivity index (χ2n) is 9.06. The zero-order chi connectivity index (χ0) is 27.6. The van der Waals surface area contributed by atoms with Gasteiger partial charge in [-0.15, -0.1) is 0 Å². The molecule has 2 amide bonds. The number of nitrogens with zero attached hydrogens (tertiary/aromatic N) is 1. The van der Waals surface area contributed by atoms with Crippen LogP contribution in [0.3, 0.4) is 0 Å². The summed E-state index contributed by atoms with van der Waals surface area (Å²) in [6.45, 7) is 3.77. The summed E-state index contributed by atoms with van der Waals surface area (Å²) in [4.78, 5) is 28.3. The summed E-state index contributed by atoms with van der Waals surface area (Å²) in [7, 11) is 1.59. The number of carbonyl (C=O) groups is 2. The van der Waals surface area contributed by atoms with Gasteiger partial charge in [-0.25, -0.2) is 0 Å².